The second-order valence-electron chi connectivity index (χ2n) is 4.04. The molecule has 1 aliphatic rings. The van der Waals surface area contributed by atoms with Crippen LogP contribution in [0.2, 0.25) is 0 Å². The maximum absolute atomic E-state index is 3.59. The highest BCUT2D eigenvalue weighted by Gasteiger charge is 2.11. The lowest BCUT2D eigenvalue weighted by Crippen LogP contribution is -2.11. The Balaban J connectivity index is 2.06. The van der Waals surface area contributed by atoms with Crippen LogP contribution in [0.15, 0.2) is 33.4 Å². The number of aryl methyl sites for hydroxylation is 1. The first-order valence-electron chi connectivity index (χ1n) is 5.43. The van der Waals surface area contributed by atoms with Gasteiger partial charge in [-0.3, -0.25) is 0 Å². The molecule has 0 fully saturated rings. The van der Waals surface area contributed by atoms with Gasteiger partial charge in [0.25, 0.3) is 0 Å². The van der Waals surface area contributed by atoms with Crippen molar-refractivity contribution in [2.75, 3.05) is 11.9 Å². The molecule has 1 aliphatic heterocycles. The number of anilines is 1. The monoisotopic (exact) mass is 293 g/mol. The summed E-state index contributed by atoms with van der Waals surface area (Å²) in [4.78, 5) is 0. The van der Waals surface area contributed by atoms with E-state index in [0.29, 0.717) is 0 Å². The topological polar surface area (TPSA) is 12.0 Å². The fraction of sp³-hybridized carbons (Fsp3) is 0.231. The molecule has 0 saturated carbocycles. The molecule has 1 aromatic carbocycles. The lowest BCUT2D eigenvalue weighted by molar-refractivity contribution is 0.830. The van der Waals surface area contributed by atoms with Gasteiger partial charge in [-0.15, -0.1) is 0 Å². The molecule has 1 nitrogen and oxygen atoms in total. The maximum Gasteiger partial charge on any atom is 0.0373 e. The van der Waals surface area contributed by atoms with Crippen LogP contribution in [0, 0.1) is 0 Å². The maximum atomic E-state index is 3.59. The van der Waals surface area contributed by atoms with E-state index >= 15 is 0 Å². The van der Waals surface area contributed by atoms with Crippen LogP contribution >= 0.6 is 27.3 Å². The quantitative estimate of drug-likeness (QED) is 0.814. The highest BCUT2D eigenvalue weighted by Crippen LogP contribution is 2.34. The predicted octanol–water partition coefficient (Wildman–Crippen LogP) is 4.54. The van der Waals surface area contributed by atoms with Crippen LogP contribution < -0.4 is 5.32 Å². The molecule has 0 bridgehead atoms. The minimum absolute atomic E-state index is 1.11. The molecule has 0 amide bonds. The summed E-state index contributed by atoms with van der Waals surface area (Å²) in [6.07, 6.45) is 2.43. The van der Waals surface area contributed by atoms with Crippen LogP contribution in [0.4, 0.5) is 5.69 Å². The van der Waals surface area contributed by atoms with Gasteiger partial charge in [0.1, 0.15) is 0 Å². The Labute approximate surface area is 108 Å². The fourth-order valence-electron chi connectivity index (χ4n) is 2.13. The Hall–Kier alpha value is -0.800. The molecule has 0 unspecified atom stereocenters. The van der Waals surface area contributed by atoms with Crippen molar-refractivity contribution in [1.82, 2.24) is 0 Å². The zero-order chi connectivity index (χ0) is 11.0. The normalized spacial score (nSPS) is 14.3. The zero-order valence-corrected chi connectivity index (χ0v) is 11.2. The second-order valence-corrected chi connectivity index (χ2v) is 5.63. The minimum Gasteiger partial charge on any atom is -0.385 e. The van der Waals surface area contributed by atoms with E-state index < -0.39 is 0 Å². The van der Waals surface area contributed by atoms with E-state index in [1.807, 2.05) is 0 Å². The average molecular weight is 294 g/mol. The van der Waals surface area contributed by atoms with Gasteiger partial charge in [0.2, 0.25) is 0 Å². The lowest BCUT2D eigenvalue weighted by Gasteiger charge is -2.18. The summed E-state index contributed by atoms with van der Waals surface area (Å²) in [6.45, 7) is 1.11. The zero-order valence-electron chi connectivity index (χ0n) is 8.79. The predicted molar refractivity (Wildman–Crippen MR) is 74.3 cm³/mol. The Morgan fingerprint density at radius 2 is 2.19 bits per heavy atom. The van der Waals surface area contributed by atoms with Gasteiger partial charge in [-0.05, 0) is 57.4 Å². The standard InChI is InChI=1S/C13H12BrNS/c14-12-8-16-7-11(12)9-3-4-13-10(6-9)2-1-5-15-13/h3-4,6-8,15H,1-2,5H2. The molecule has 0 atom stereocenters. The third-order valence-corrected chi connectivity index (χ3v) is 4.67. The molecule has 2 aromatic rings. The summed E-state index contributed by atoms with van der Waals surface area (Å²) >= 11 is 5.33. The third kappa shape index (κ3) is 1.78. The van der Waals surface area contributed by atoms with E-state index in [-0.39, 0.29) is 0 Å². The number of benzene rings is 1. The highest BCUT2D eigenvalue weighted by molar-refractivity contribution is 9.10. The first kappa shape index (κ1) is 10.4. The van der Waals surface area contributed by atoms with Gasteiger partial charge in [-0.25, -0.2) is 0 Å². The second kappa shape index (κ2) is 4.22. The Morgan fingerprint density at radius 1 is 1.25 bits per heavy atom. The number of fused-ring (bicyclic) bond motifs is 1. The van der Waals surface area contributed by atoms with E-state index in [9.17, 15) is 0 Å². The van der Waals surface area contributed by atoms with Gasteiger partial charge < -0.3 is 5.32 Å². The van der Waals surface area contributed by atoms with Gasteiger partial charge in [-0.2, -0.15) is 11.3 Å². The van der Waals surface area contributed by atoms with Crippen molar-refractivity contribution in [3.05, 3.63) is 39.0 Å². The molecule has 3 rings (SSSR count). The lowest BCUT2D eigenvalue weighted by atomic mass is 9.98. The first-order valence-corrected chi connectivity index (χ1v) is 7.17. The van der Waals surface area contributed by atoms with E-state index in [0.717, 1.165) is 6.54 Å². The summed E-state index contributed by atoms with van der Waals surface area (Å²) in [5, 5.41) is 7.77. The van der Waals surface area contributed by atoms with Crippen molar-refractivity contribution in [2.45, 2.75) is 12.8 Å². The highest BCUT2D eigenvalue weighted by atomic mass is 79.9. The van der Waals surface area contributed by atoms with Crippen LogP contribution in [-0.4, -0.2) is 6.54 Å². The number of halogens is 1. The van der Waals surface area contributed by atoms with E-state index in [4.69, 9.17) is 0 Å². The number of thiophene rings is 1. The summed E-state index contributed by atoms with van der Waals surface area (Å²) in [7, 11) is 0. The van der Waals surface area contributed by atoms with E-state index in [1.54, 1.807) is 11.3 Å². The number of hydrogen-bond acceptors (Lipinski definition) is 2. The molecule has 1 N–H and O–H groups in total. The van der Waals surface area contributed by atoms with Crippen LogP contribution in [0.5, 0.6) is 0 Å². The van der Waals surface area contributed by atoms with Crippen LogP contribution in [0.3, 0.4) is 0 Å². The molecule has 3 heteroatoms. The van der Waals surface area contributed by atoms with Crippen LogP contribution in [-0.2, 0) is 6.42 Å². The van der Waals surface area contributed by atoms with Gasteiger partial charge in [0, 0.05) is 27.6 Å². The molecule has 0 radical (unpaired) electrons. The third-order valence-electron chi connectivity index (χ3n) is 2.97. The Morgan fingerprint density at radius 3 is 3.00 bits per heavy atom. The Bertz CT molecular complexity index is 518. The van der Waals surface area contributed by atoms with Crippen molar-refractivity contribution in [1.29, 1.82) is 0 Å². The molecule has 0 saturated heterocycles. The van der Waals surface area contributed by atoms with Gasteiger partial charge in [0.15, 0.2) is 0 Å². The average Bonchev–Trinajstić information content (AvgIpc) is 2.75. The summed E-state index contributed by atoms with van der Waals surface area (Å²) in [5.41, 5.74) is 5.37. The van der Waals surface area contributed by atoms with Gasteiger partial charge >= 0.3 is 0 Å². The summed E-state index contributed by atoms with van der Waals surface area (Å²) in [5.74, 6) is 0. The number of hydrogen-bond donors (Lipinski definition) is 1. The first-order chi connectivity index (χ1) is 7.84. The molecule has 0 aliphatic carbocycles. The molecule has 1 aromatic heterocycles. The molecule has 16 heavy (non-hydrogen) atoms. The largest absolute Gasteiger partial charge is 0.385 e. The molecule has 0 spiro atoms. The van der Waals surface area contributed by atoms with Gasteiger partial charge in [-0.1, -0.05) is 6.07 Å². The van der Waals surface area contributed by atoms with Crippen molar-refractivity contribution in [2.24, 2.45) is 0 Å². The summed E-state index contributed by atoms with van der Waals surface area (Å²) in [6, 6.07) is 6.71. The smallest absolute Gasteiger partial charge is 0.0373 e. The number of rotatable bonds is 1. The molecular weight excluding hydrogens is 282 g/mol. The van der Waals surface area contributed by atoms with E-state index in [2.05, 4.69) is 50.2 Å². The fourth-order valence-corrected chi connectivity index (χ4v) is 3.66. The Kier molecular flexibility index (Phi) is 2.74. The minimum atomic E-state index is 1.11. The van der Waals surface area contributed by atoms with Crippen LogP contribution in [0.25, 0.3) is 11.1 Å². The van der Waals surface area contributed by atoms with Gasteiger partial charge in [0.05, 0.1) is 0 Å². The van der Waals surface area contributed by atoms with E-state index in [1.165, 1.54) is 39.7 Å². The van der Waals surface area contributed by atoms with Crippen molar-refractivity contribution >= 4 is 33.0 Å². The van der Waals surface area contributed by atoms with Crippen molar-refractivity contribution < 1.29 is 0 Å². The molecule has 82 valence electrons. The van der Waals surface area contributed by atoms with Crippen molar-refractivity contribution in [3.8, 4) is 11.1 Å². The number of nitrogens with one attached hydrogen (secondary N) is 1. The molecule has 2 heterocycles. The summed E-state index contributed by atoms with van der Waals surface area (Å²) < 4.78 is 1.20. The molecular formula is C13H12BrNS. The van der Waals surface area contributed by atoms with Crippen molar-refractivity contribution in [3.63, 3.8) is 0 Å². The SMILES string of the molecule is Brc1cscc1-c1ccc2c(c1)CCCN2. The van der Waals surface area contributed by atoms with Crippen LogP contribution in [0.1, 0.15) is 12.0 Å².